The van der Waals surface area contributed by atoms with Gasteiger partial charge in [0.2, 0.25) is 0 Å². The molecule has 0 unspecified atom stereocenters. The minimum absolute atomic E-state index is 0.291. The van der Waals surface area contributed by atoms with Crippen LogP contribution >= 0.6 is 0 Å². The standard InChI is InChI=1S/C23H25NO2/c25-20(15-24-23-11-5-9-18-7-3-4-10-22(18)23)16-26-21-13-12-17-6-1-2-8-19(17)14-21/h1-4,6-8,10,12-14,20,23-25H,5,9,11,15-16H2/t20-,23-/m1/s1. The first kappa shape index (κ1) is 17.1. The zero-order valence-electron chi connectivity index (χ0n) is 14.9. The lowest BCUT2D eigenvalue weighted by Gasteiger charge is -2.27. The number of hydrogen-bond donors (Lipinski definition) is 2. The molecule has 3 nitrogen and oxygen atoms in total. The molecule has 0 saturated carbocycles. The third kappa shape index (κ3) is 3.90. The van der Waals surface area contributed by atoms with E-state index < -0.39 is 6.10 Å². The molecule has 0 radical (unpaired) electrons. The van der Waals surface area contributed by atoms with Crippen molar-refractivity contribution in [3.05, 3.63) is 77.9 Å². The van der Waals surface area contributed by atoms with Crippen LogP contribution < -0.4 is 10.1 Å². The van der Waals surface area contributed by atoms with E-state index in [2.05, 4.69) is 41.7 Å². The fraction of sp³-hybridized carbons (Fsp3) is 0.304. The first-order chi connectivity index (χ1) is 12.8. The fourth-order valence-electron chi connectivity index (χ4n) is 3.75. The molecule has 3 heteroatoms. The summed E-state index contributed by atoms with van der Waals surface area (Å²) in [6.45, 7) is 0.826. The number of aliphatic hydroxyl groups is 1. The number of ether oxygens (including phenoxy) is 1. The number of aliphatic hydroxyl groups excluding tert-OH is 1. The van der Waals surface area contributed by atoms with Crippen LogP contribution in [0.15, 0.2) is 66.7 Å². The van der Waals surface area contributed by atoms with Gasteiger partial charge in [0.15, 0.2) is 0 Å². The van der Waals surface area contributed by atoms with Gasteiger partial charge < -0.3 is 15.2 Å². The van der Waals surface area contributed by atoms with E-state index in [1.165, 1.54) is 22.9 Å². The highest BCUT2D eigenvalue weighted by Crippen LogP contribution is 2.29. The van der Waals surface area contributed by atoms with E-state index in [9.17, 15) is 5.11 Å². The van der Waals surface area contributed by atoms with Crippen LogP contribution in [0.3, 0.4) is 0 Å². The van der Waals surface area contributed by atoms with Gasteiger partial charge >= 0.3 is 0 Å². The number of nitrogens with one attached hydrogen (secondary N) is 1. The topological polar surface area (TPSA) is 41.5 Å². The van der Waals surface area contributed by atoms with Crippen molar-refractivity contribution < 1.29 is 9.84 Å². The molecule has 0 saturated heterocycles. The SMILES string of the molecule is O[C@H](CN[C@@H]1CCCc2ccccc21)COc1ccc2ccccc2c1. The van der Waals surface area contributed by atoms with Crippen LogP contribution in [-0.2, 0) is 6.42 Å². The first-order valence-corrected chi connectivity index (χ1v) is 9.40. The van der Waals surface area contributed by atoms with E-state index in [0.29, 0.717) is 19.2 Å². The van der Waals surface area contributed by atoms with E-state index >= 15 is 0 Å². The summed E-state index contributed by atoms with van der Waals surface area (Å²) in [5.74, 6) is 0.797. The number of rotatable bonds is 6. The van der Waals surface area contributed by atoms with Gasteiger partial charge in [0, 0.05) is 12.6 Å². The van der Waals surface area contributed by atoms with E-state index in [1.54, 1.807) is 0 Å². The summed E-state index contributed by atoms with van der Waals surface area (Å²) in [7, 11) is 0. The molecular formula is C23H25NO2. The average Bonchev–Trinajstić information content (AvgIpc) is 2.70. The highest BCUT2D eigenvalue weighted by molar-refractivity contribution is 5.83. The molecule has 26 heavy (non-hydrogen) atoms. The van der Waals surface area contributed by atoms with Gasteiger partial charge in [-0.25, -0.2) is 0 Å². The first-order valence-electron chi connectivity index (χ1n) is 9.40. The van der Waals surface area contributed by atoms with Gasteiger partial charge in [-0.05, 0) is 53.3 Å². The minimum atomic E-state index is -0.532. The monoisotopic (exact) mass is 347 g/mol. The molecule has 0 heterocycles. The van der Waals surface area contributed by atoms with Gasteiger partial charge in [-0.3, -0.25) is 0 Å². The molecule has 134 valence electrons. The van der Waals surface area contributed by atoms with Crippen LogP contribution in [0, 0.1) is 0 Å². The maximum atomic E-state index is 10.3. The Morgan fingerprint density at radius 1 is 1.00 bits per heavy atom. The molecule has 0 spiro atoms. The van der Waals surface area contributed by atoms with Crippen molar-refractivity contribution in [2.75, 3.05) is 13.2 Å². The van der Waals surface area contributed by atoms with Gasteiger partial charge in [-0.1, -0.05) is 54.6 Å². The molecule has 0 bridgehead atoms. The summed E-state index contributed by atoms with van der Waals surface area (Å²) in [4.78, 5) is 0. The Labute approximate surface area is 154 Å². The Kier molecular flexibility index (Phi) is 5.19. The van der Waals surface area contributed by atoms with E-state index in [4.69, 9.17) is 4.74 Å². The number of fused-ring (bicyclic) bond motifs is 2. The maximum Gasteiger partial charge on any atom is 0.120 e. The van der Waals surface area contributed by atoms with Crippen molar-refractivity contribution in [1.82, 2.24) is 5.32 Å². The van der Waals surface area contributed by atoms with Gasteiger partial charge in [0.1, 0.15) is 18.5 Å². The second kappa shape index (κ2) is 7.90. The highest BCUT2D eigenvalue weighted by Gasteiger charge is 2.20. The van der Waals surface area contributed by atoms with Crippen molar-refractivity contribution in [3.8, 4) is 5.75 Å². The molecule has 3 aromatic rings. The van der Waals surface area contributed by atoms with Crippen LogP contribution in [-0.4, -0.2) is 24.4 Å². The van der Waals surface area contributed by atoms with E-state index in [0.717, 1.165) is 24.0 Å². The van der Waals surface area contributed by atoms with Gasteiger partial charge in [0.05, 0.1) is 0 Å². The second-order valence-electron chi connectivity index (χ2n) is 7.03. The van der Waals surface area contributed by atoms with Crippen LogP contribution in [0.1, 0.15) is 30.0 Å². The summed E-state index contributed by atoms with van der Waals surface area (Å²) in [6.07, 6.45) is 2.94. The summed E-state index contributed by atoms with van der Waals surface area (Å²) >= 11 is 0. The van der Waals surface area contributed by atoms with Crippen LogP contribution in [0.2, 0.25) is 0 Å². The van der Waals surface area contributed by atoms with Gasteiger partial charge in [-0.2, -0.15) is 0 Å². The lowest BCUT2D eigenvalue weighted by atomic mass is 9.88. The molecule has 4 rings (SSSR count). The van der Waals surface area contributed by atoms with Crippen molar-refractivity contribution in [2.45, 2.75) is 31.4 Å². The zero-order valence-corrected chi connectivity index (χ0v) is 14.9. The summed E-state index contributed by atoms with van der Waals surface area (Å²) < 4.78 is 5.80. The predicted molar refractivity (Wildman–Crippen MR) is 106 cm³/mol. The molecule has 0 aromatic heterocycles. The zero-order chi connectivity index (χ0) is 17.8. The Hall–Kier alpha value is -2.36. The number of hydrogen-bond acceptors (Lipinski definition) is 3. The van der Waals surface area contributed by atoms with E-state index in [1.807, 2.05) is 30.3 Å². The number of benzene rings is 3. The Bertz CT molecular complexity index is 877. The molecule has 2 N–H and O–H groups in total. The van der Waals surface area contributed by atoms with Crippen molar-refractivity contribution >= 4 is 10.8 Å². The third-order valence-electron chi connectivity index (χ3n) is 5.13. The molecule has 0 aliphatic heterocycles. The molecule has 1 aliphatic rings. The van der Waals surface area contributed by atoms with Crippen molar-refractivity contribution in [1.29, 1.82) is 0 Å². The summed E-state index contributed by atoms with van der Waals surface area (Å²) in [5.41, 5.74) is 2.81. The molecule has 1 aliphatic carbocycles. The lowest BCUT2D eigenvalue weighted by Crippen LogP contribution is -2.35. The smallest absolute Gasteiger partial charge is 0.120 e. The number of aryl methyl sites for hydroxylation is 1. The predicted octanol–water partition coefficient (Wildman–Crippen LogP) is 4.25. The molecule has 0 amide bonds. The largest absolute Gasteiger partial charge is 0.491 e. The Balaban J connectivity index is 1.31. The average molecular weight is 347 g/mol. The van der Waals surface area contributed by atoms with Crippen molar-refractivity contribution in [3.63, 3.8) is 0 Å². The Morgan fingerprint density at radius 3 is 2.73 bits per heavy atom. The molecular weight excluding hydrogens is 322 g/mol. The van der Waals surface area contributed by atoms with Crippen LogP contribution in [0.4, 0.5) is 0 Å². The fourth-order valence-corrected chi connectivity index (χ4v) is 3.75. The normalized spacial score (nSPS) is 17.7. The maximum absolute atomic E-state index is 10.3. The van der Waals surface area contributed by atoms with Crippen LogP contribution in [0.5, 0.6) is 5.75 Å². The van der Waals surface area contributed by atoms with Crippen molar-refractivity contribution in [2.24, 2.45) is 0 Å². The third-order valence-corrected chi connectivity index (χ3v) is 5.13. The molecule has 2 atom stereocenters. The second-order valence-corrected chi connectivity index (χ2v) is 7.03. The highest BCUT2D eigenvalue weighted by atomic mass is 16.5. The minimum Gasteiger partial charge on any atom is -0.491 e. The summed E-state index contributed by atoms with van der Waals surface area (Å²) in [6, 6.07) is 23.2. The molecule has 3 aromatic carbocycles. The van der Waals surface area contributed by atoms with E-state index in [-0.39, 0.29) is 0 Å². The quantitative estimate of drug-likeness (QED) is 0.700. The van der Waals surface area contributed by atoms with Gasteiger partial charge in [0.25, 0.3) is 0 Å². The molecule has 0 fully saturated rings. The van der Waals surface area contributed by atoms with Gasteiger partial charge in [-0.15, -0.1) is 0 Å². The van der Waals surface area contributed by atoms with Crippen LogP contribution in [0.25, 0.3) is 10.8 Å². The summed E-state index contributed by atoms with van der Waals surface area (Å²) in [5, 5.41) is 16.2. The lowest BCUT2D eigenvalue weighted by molar-refractivity contribution is 0.103. The Morgan fingerprint density at radius 2 is 1.81 bits per heavy atom.